The number of nitrogens with one attached hydrogen (secondary N) is 2. The van der Waals surface area contributed by atoms with Crippen molar-refractivity contribution in [1.82, 2.24) is 14.5 Å². The first kappa shape index (κ1) is 19.5. The number of para-hydroxylation sites is 1. The molecule has 0 bridgehead atoms. The van der Waals surface area contributed by atoms with Crippen LogP contribution in [0.15, 0.2) is 53.6 Å². The van der Waals surface area contributed by atoms with Crippen molar-refractivity contribution < 1.29 is 17.7 Å². The van der Waals surface area contributed by atoms with Crippen LogP contribution in [-0.2, 0) is 10.0 Å². The largest absolute Gasteiger partial charge is 0.347 e. The SMILES string of the molecule is CNS(=O)(=O)c1ccc(Nc2cnn(-c3ccccc3F)c2C)c([N+](=O)[O-])c1. The molecule has 0 saturated heterocycles. The highest BCUT2D eigenvalue weighted by Gasteiger charge is 2.21. The van der Waals surface area contributed by atoms with E-state index < -0.39 is 26.5 Å². The quantitative estimate of drug-likeness (QED) is 0.481. The van der Waals surface area contributed by atoms with Crippen molar-refractivity contribution in [2.24, 2.45) is 0 Å². The van der Waals surface area contributed by atoms with E-state index in [1.165, 1.54) is 36.1 Å². The number of hydrogen-bond acceptors (Lipinski definition) is 6. The van der Waals surface area contributed by atoms with Crippen molar-refractivity contribution in [2.45, 2.75) is 11.8 Å². The molecule has 0 atom stereocenters. The molecule has 1 heterocycles. The van der Waals surface area contributed by atoms with Crippen LogP contribution in [0.5, 0.6) is 0 Å². The standard InChI is InChI=1S/C17H16FN5O4S/c1-11-15(10-20-22(11)16-6-4-3-5-13(16)18)21-14-8-7-12(28(26,27)19-2)9-17(14)23(24)25/h3-10,19,21H,1-2H3. The molecule has 2 N–H and O–H groups in total. The second-order valence-corrected chi connectivity index (χ2v) is 7.66. The number of nitrogens with zero attached hydrogens (tertiary/aromatic N) is 3. The first-order valence-corrected chi connectivity index (χ1v) is 9.51. The molecule has 2 aromatic carbocycles. The topological polar surface area (TPSA) is 119 Å². The molecule has 146 valence electrons. The monoisotopic (exact) mass is 405 g/mol. The van der Waals surface area contributed by atoms with E-state index in [4.69, 9.17) is 0 Å². The summed E-state index contributed by atoms with van der Waals surface area (Å²) in [5.41, 5.74) is 0.825. The Morgan fingerprint density at radius 1 is 1.18 bits per heavy atom. The molecule has 0 fully saturated rings. The average molecular weight is 405 g/mol. The maximum Gasteiger partial charge on any atom is 0.294 e. The van der Waals surface area contributed by atoms with Crippen molar-refractivity contribution >= 4 is 27.1 Å². The van der Waals surface area contributed by atoms with Crippen molar-refractivity contribution in [3.8, 4) is 5.69 Å². The van der Waals surface area contributed by atoms with Crippen LogP contribution in [0.2, 0.25) is 0 Å². The van der Waals surface area contributed by atoms with Crippen LogP contribution < -0.4 is 10.0 Å². The van der Waals surface area contributed by atoms with Crippen LogP contribution >= 0.6 is 0 Å². The Morgan fingerprint density at radius 3 is 2.54 bits per heavy atom. The number of rotatable bonds is 6. The van der Waals surface area contributed by atoms with Gasteiger partial charge in [-0.15, -0.1) is 0 Å². The molecule has 1 aromatic heterocycles. The van der Waals surface area contributed by atoms with Gasteiger partial charge in [-0.25, -0.2) is 22.2 Å². The number of hydrogen-bond donors (Lipinski definition) is 2. The predicted octanol–water partition coefficient (Wildman–Crippen LogP) is 2.88. The average Bonchev–Trinajstić information content (AvgIpc) is 3.02. The van der Waals surface area contributed by atoms with Crippen molar-refractivity contribution in [2.75, 3.05) is 12.4 Å². The first-order valence-electron chi connectivity index (χ1n) is 8.03. The molecule has 3 rings (SSSR count). The third-order valence-corrected chi connectivity index (χ3v) is 5.52. The summed E-state index contributed by atoms with van der Waals surface area (Å²) in [5, 5.41) is 18.4. The van der Waals surface area contributed by atoms with Crippen LogP contribution in [0.4, 0.5) is 21.5 Å². The van der Waals surface area contributed by atoms with Crippen LogP contribution in [-0.4, -0.2) is 30.2 Å². The lowest BCUT2D eigenvalue weighted by Crippen LogP contribution is -2.18. The van der Waals surface area contributed by atoms with E-state index in [2.05, 4.69) is 15.1 Å². The minimum atomic E-state index is -3.83. The van der Waals surface area contributed by atoms with Crippen molar-refractivity contribution in [3.63, 3.8) is 0 Å². The lowest BCUT2D eigenvalue weighted by Gasteiger charge is -2.10. The number of aromatic nitrogens is 2. The third-order valence-electron chi connectivity index (χ3n) is 4.10. The number of benzene rings is 2. The highest BCUT2D eigenvalue weighted by Crippen LogP contribution is 2.31. The Hall–Kier alpha value is -3.31. The van der Waals surface area contributed by atoms with Gasteiger partial charge in [0.15, 0.2) is 0 Å². The maximum absolute atomic E-state index is 14.0. The molecule has 0 radical (unpaired) electrons. The fraction of sp³-hybridized carbons (Fsp3) is 0.118. The molecule has 3 aromatic rings. The lowest BCUT2D eigenvalue weighted by atomic mass is 10.2. The number of anilines is 2. The van der Waals surface area contributed by atoms with E-state index in [9.17, 15) is 22.9 Å². The van der Waals surface area contributed by atoms with E-state index >= 15 is 0 Å². The second kappa shape index (κ2) is 7.37. The summed E-state index contributed by atoms with van der Waals surface area (Å²) in [5.74, 6) is -0.465. The Balaban J connectivity index is 2.01. The zero-order valence-corrected chi connectivity index (χ0v) is 15.7. The molecule has 0 saturated carbocycles. The molecule has 0 aliphatic carbocycles. The van der Waals surface area contributed by atoms with Gasteiger partial charge in [0.05, 0.1) is 27.4 Å². The highest BCUT2D eigenvalue weighted by atomic mass is 32.2. The molecule has 11 heteroatoms. The van der Waals surface area contributed by atoms with E-state index in [-0.39, 0.29) is 16.3 Å². The minimum absolute atomic E-state index is 0.0798. The van der Waals surface area contributed by atoms with E-state index in [0.717, 1.165) is 6.07 Å². The number of nitro benzene ring substituents is 1. The smallest absolute Gasteiger partial charge is 0.294 e. The predicted molar refractivity (Wildman–Crippen MR) is 101 cm³/mol. The van der Waals surface area contributed by atoms with Gasteiger partial charge in [0.25, 0.3) is 5.69 Å². The Kier molecular flexibility index (Phi) is 5.12. The van der Waals surface area contributed by atoms with Crippen molar-refractivity contribution in [3.05, 3.63) is 70.3 Å². The van der Waals surface area contributed by atoms with E-state index in [1.807, 2.05) is 0 Å². The van der Waals surface area contributed by atoms with Gasteiger partial charge >= 0.3 is 0 Å². The summed E-state index contributed by atoms with van der Waals surface area (Å²) in [6.07, 6.45) is 1.41. The molecule has 0 aliphatic heterocycles. The Morgan fingerprint density at radius 2 is 1.89 bits per heavy atom. The Bertz CT molecular complexity index is 1160. The summed E-state index contributed by atoms with van der Waals surface area (Å²) in [7, 11) is -2.61. The van der Waals surface area contributed by atoms with Crippen molar-refractivity contribution in [1.29, 1.82) is 0 Å². The van der Waals surface area contributed by atoms with Gasteiger partial charge in [-0.05, 0) is 38.2 Å². The molecule has 28 heavy (non-hydrogen) atoms. The normalized spacial score (nSPS) is 11.4. The van der Waals surface area contributed by atoms with Gasteiger partial charge in [-0.2, -0.15) is 5.10 Å². The third kappa shape index (κ3) is 3.57. The van der Waals surface area contributed by atoms with Crippen LogP contribution in [0.3, 0.4) is 0 Å². The maximum atomic E-state index is 14.0. The summed E-state index contributed by atoms with van der Waals surface area (Å²) in [4.78, 5) is 10.5. The summed E-state index contributed by atoms with van der Waals surface area (Å²) < 4.78 is 41.3. The molecule has 0 unspecified atom stereocenters. The van der Waals surface area contributed by atoms with Crippen LogP contribution in [0.1, 0.15) is 5.69 Å². The lowest BCUT2D eigenvalue weighted by molar-refractivity contribution is -0.384. The second-order valence-electron chi connectivity index (χ2n) is 5.78. The summed E-state index contributed by atoms with van der Waals surface area (Å²) >= 11 is 0. The molecule has 0 spiro atoms. The molecule has 0 aliphatic rings. The van der Waals surface area contributed by atoms with Gasteiger partial charge < -0.3 is 5.32 Å². The molecule has 9 nitrogen and oxygen atoms in total. The minimum Gasteiger partial charge on any atom is -0.347 e. The molecule has 0 amide bonds. The summed E-state index contributed by atoms with van der Waals surface area (Å²) in [6.45, 7) is 1.67. The van der Waals surface area contributed by atoms with E-state index in [0.29, 0.717) is 11.4 Å². The van der Waals surface area contributed by atoms with Gasteiger partial charge in [0.1, 0.15) is 17.2 Å². The number of halogens is 1. The zero-order valence-electron chi connectivity index (χ0n) is 14.9. The fourth-order valence-electron chi connectivity index (χ4n) is 2.60. The van der Waals surface area contributed by atoms with Gasteiger partial charge in [0.2, 0.25) is 10.0 Å². The van der Waals surface area contributed by atoms with Crippen LogP contribution in [0, 0.1) is 22.9 Å². The number of nitro groups is 1. The molecular weight excluding hydrogens is 389 g/mol. The van der Waals surface area contributed by atoms with Gasteiger partial charge in [-0.3, -0.25) is 10.1 Å². The fourth-order valence-corrected chi connectivity index (χ4v) is 3.35. The van der Waals surface area contributed by atoms with E-state index in [1.54, 1.807) is 25.1 Å². The number of sulfonamides is 1. The summed E-state index contributed by atoms with van der Waals surface area (Å²) in [6, 6.07) is 9.58. The zero-order chi connectivity index (χ0) is 20.5. The van der Waals surface area contributed by atoms with Crippen LogP contribution in [0.25, 0.3) is 5.69 Å². The van der Waals surface area contributed by atoms with Gasteiger partial charge in [0, 0.05) is 6.07 Å². The Labute approximate surface area is 160 Å². The van der Waals surface area contributed by atoms with Gasteiger partial charge in [-0.1, -0.05) is 12.1 Å². The first-order chi connectivity index (χ1) is 13.2. The highest BCUT2D eigenvalue weighted by molar-refractivity contribution is 7.89. The molecular formula is C17H16FN5O4S.